The van der Waals surface area contributed by atoms with Crippen molar-refractivity contribution in [2.45, 2.75) is 0 Å². The van der Waals surface area contributed by atoms with Crippen molar-refractivity contribution >= 4 is 11.6 Å². The summed E-state index contributed by atoms with van der Waals surface area (Å²) in [4.78, 5) is 13.9. The quantitative estimate of drug-likeness (QED) is 0.776. The summed E-state index contributed by atoms with van der Waals surface area (Å²) in [7, 11) is 1.96. The predicted octanol–water partition coefficient (Wildman–Crippen LogP) is 3.24. The van der Waals surface area contributed by atoms with Crippen LogP contribution < -0.4 is 4.90 Å². The minimum atomic E-state index is 0.798. The first kappa shape index (κ1) is 11.5. The molecule has 0 aliphatic heterocycles. The number of aromatic amines is 1. The number of hydrogen-bond donors (Lipinski definition) is 1. The Balaban J connectivity index is 1.90. The number of aromatic nitrogens is 3. The van der Waals surface area contributed by atoms with Gasteiger partial charge < -0.3 is 9.88 Å². The highest BCUT2D eigenvalue weighted by molar-refractivity contribution is 5.63. The highest BCUT2D eigenvalue weighted by Crippen LogP contribution is 2.23. The van der Waals surface area contributed by atoms with E-state index in [9.17, 15) is 0 Å². The van der Waals surface area contributed by atoms with Crippen LogP contribution in [0.1, 0.15) is 0 Å². The van der Waals surface area contributed by atoms with Crippen LogP contribution in [0.25, 0.3) is 11.3 Å². The molecule has 3 aromatic rings. The van der Waals surface area contributed by atoms with Crippen molar-refractivity contribution in [2.75, 3.05) is 11.9 Å². The van der Waals surface area contributed by atoms with Crippen molar-refractivity contribution in [3.05, 3.63) is 61.1 Å². The van der Waals surface area contributed by atoms with E-state index < -0.39 is 0 Å². The Labute approximate surface area is 111 Å². The van der Waals surface area contributed by atoms with Crippen LogP contribution in [0.5, 0.6) is 0 Å². The molecule has 94 valence electrons. The van der Waals surface area contributed by atoms with Gasteiger partial charge in [-0.1, -0.05) is 30.3 Å². The fraction of sp³-hybridized carbons (Fsp3) is 0.0667. The lowest BCUT2D eigenvalue weighted by molar-refractivity contribution is 1.08. The zero-order valence-electron chi connectivity index (χ0n) is 10.6. The summed E-state index contributed by atoms with van der Waals surface area (Å²) in [6, 6.07) is 14.0. The zero-order valence-corrected chi connectivity index (χ0v) is 10.6. The van der Waals surface area contributed by atoms with Gasteiger partial charge in [-0.15, -0.1) is 0 Å². The molecule has 19 heavy (non-hydrogen) atoms. The van der Waals surface area contributed by atoms with Crippen LogP contribution in [0.15, 0.2) is 61.1 Å². The van der Waals surface area contributed by atoms with Crippen molar-refractivity contribution in [3.8, 4) is 11.3 Å². The van der Waals surface area contributed by atoms with E-state index in [4.69, 9.17) is 0 Å². The third-order valence-corrected chi connectivity index (χ3v) is 2.98. The molecule has 0 radical (unpaired) electrons. The van der Waals surface area contributed by atoms with Crippen LogP contribution in [-0.2, 0) is 0 Å². The van der Waals surface area contributed by atoms with Gasteiger partial charge >= 0.3 is 0 Å². The Bertz CT molecular complexity index is 646. The molecule has 4 heteroatoms. The van der Waals surface area contributed by atoms with Crippen LogP contribution in [0.2, 0.25) is 0 Å². The van der Waals surface area contributed by atoms with E-state index in [-0.39, 0.29) is 0 Å². The molecule has 4 nitrogen and oxygen atoms in total. The Kier molecular flexibility index (Phi) is 2.98. The lowest BCUT2D eigenvalue weighted by atomic mass is 10.2. The number of hydrogen-bond acceptors (Lipinski definition) is 3. The number of H-pyrrole nitrogens is 1. The molecule has 0 unspecified atom stereocenters. The second kappa shape index (κ2) is 4.94. The first-order valence-electron chi connectivity index (χ1n) is 6.09. The molecule has 1 N–H and O–H groups in total. The van der Waals surface area contributed by atoms with E-state index in [2.05, 4.69) is 15.0 Å². The fourth-order valence-electron chi connectivity index (χ4n) is 1.91. The maximum absolute atomic E-state index is 4.60. The summed E-state index contributed by atoms with van der Waals surface area (Å²) >= 11 is 0. The minimum Gasteiger partial charge on any atom is -0.330 e. The second-order valence-electron chi connectivity index (χ2n) is 4.25. The van der Waals surface area contributed by atoms with Crippen LogP contribution >= 0.6 is 0 Å². The van der Waals surface area contributed by atoms with E-state index in [1.807, 2.05) is 66.8 Å². The largest absolute Gasteiger partial charge is 0.330 e. The van der Waals surface area contributed by atoms with E-state index in [0.29, 0.717) is 0 Å². The SMILES string of the molecule is CN(c1cccnc1)c1nc(-c2ccccc2)c[nH]1. The molecule has 0 amide bonds. The molecule has 2 aromatic heterocycles. The number of benzene rings is 1. The smallest absolute Gasteiger partial charge is 0.207 e. The van der Waals surface area contributed by atoms with Crippen molar-refractivity contribution in [2.24, 2.45) is 0 Å². The van der Waals surface area contributed by atoms with Crippen LogP contribution in [-0.4, -0.2) is 22.0 Å². The minimum absolute atomic E-state index is 0.798. The molecule has 3 rings (SSSR count). The van der Waals surface area contributed by atoms with Crippen LogP contribution in [0, 0.1) is 0 Å². The molecule has 0 bridgehead atoms. The van der Waals surface area contributed by atoms with E-state index >= 15 is 0 Å². The molecule has 0 aliphatic carbocycles. The highest BCUT2D eigenvalue weighted by atomic mass is 15.2. The summed E-state index contributed by atoms with van der Waals surface area (Å²) in [6.45, 7) is 0. The van der Waals surface area contributed by atoms with Gasteiger partial charge in [-0.05, 0) is 12.1 Å². The van der Waals surface area contributed by atoms with Crippen molar-refractivity contribution in [1.82, 2.24) is 15.0 Å². The van der Waals surface area contributed by atoms with Crippen LogP contribution in [0.3, 0.4) is 0 Å². The fourth-order valence-corrected chi connectivity index (χ4v) is 1.91. The monoisotopic (exact) mass is 250 g/mol. The predicted molar refractivity (Wildman–Crippen MR) is 76.3 cm³/mol. The number of nitrogens with one attached hydrogen (secondary N) is 1. The van der Waals surface area contributed by atoms with Crippen molar-refractivity contribution < 1.29 is 0 Å². The van der Waals surface area contributed by atoms with E-state index in [1.165, 1.54) is 0 Å². The highest BCUT2D eigenvalue weighted by Gasteiger charge is 2.09. The van der Waals surface area contributed by atoms with Crippen molar-refractivity contribution in [1.29, 1.82) is 0 Å². The Morgan fingerprint density at radius 1 is 1.05 bits per heavy atom. The van der Waals surface area contributed by atoms with E-state index in [0.717, 1.165) is 22.9 Å². The van der Waals surface area contributed by atoms with Crippen LogP contribution in [0.4, 0.5) is 11.6 Å². The molecular weight excluding hydrogens is 236 g/mol. The molecule has 0 fully saturated rings. The zero-order chi connectivity index (χ0) is 13.1. The molecule has 0 aliphatic rings. The number of nitrogens with zero attached hydrogens (tertiary/aromatic N) is 3. The molecule has 0 saturated heterocycles. The van der Waals surface area contributed by atoms with Gasteiger partial charge in [-0.2, -0.15) is 0 Å². The summed E-state index contributed by atoms with van der Waals surface area (Å²) in [5.74, 6) is 0.798. The molecule has 0 saturated carbocycles. The average Bonchev–Trinajstić information content (AvgIpc) is 2.98. The second-order valence-corrected chi connectivity index (χ2v) is 4.25. The van der Waals surface area contributed by atoms with Gasteiger partial charge in [0.05, 0.1) is 17.6 Å². The number of pyridine rings is 1. The number of rotatable bonds is 3. The standard InChI is InChI=1S/C15H14N4/c1-19(13-8-5-9-16-10-13)15-17-11-14(18-15)12-6-3-2-4-7-12/h2-11H,1H3,(H,17,18). The normalized spacial score (nSPS) is 10.4. The maximum atomic E-state index is 4.60. The Morgan fingerprint density at radius 2 is 1.89 bits per heavy atom. The summed E-state index contributed by atoms with van der Waals surface area (Å²) < 4.78 is 0. The van der Waals surface area contributed by atoms with Gasteiger partial charge in [-0.25, -0.2) is 4.98 Å². The molecule has 0 atom stereocenters. The van der Waals surface area contributed by atoms with Gasteiger partial charge in [0.15, 0.2) is 0 Å². The molecule has 1 aromatic carbocycles. The first-order chi connectivity index (χ1) is 9.34. The number of anilines is 2. The first-order valence-corrected chi connectivity index (χ1v) is 6.09. The summed E-state index contributed by atoms with van der Waals surface area (Å²) in [5.41, 5.74) is 3.03. The Morgan fingerprint density at radius 3 is 2.63 bits per heavy atom. The number of imidazole rings is 1. The Hall–Kier alpha value is -2.62. The molecule has 0 spiro atoms. The van der Waals surface area contributed by atoms with Crippen molar-refractivity contribution in [3.63, 3.8) is 0 Å². The average molecular weight is 250 g/mol. The van der Waals surface area contributed by atoms with E-state index in [1.54, 1.807) is 6.20 Å². The third kappa shape index (κ3) is 2.33. The van der Waals surface area contributed by atoms with Gasteiger partial charge in [0, 0.05) is 25.0 Å². The van der Waals surface area contributed by atoms with Gasteiger partial charge in [0.1, 0.15) is 0 Å². The van der Waals surface area contributed by atoms with Gasteiger partial charge in [0.25, 0.3) is 0 Å². The summed E-state index contributed by atoms with van der Waals surface area (Å²) in [5, 5.41) is 0. The summed E-state index contributed by atoms with van der Waals surface area (Å²) in [6.07, 6.45) is 5.48. The lowest BCUT2D eigenvalue weighted by Crippen LogP contribution is -2.11. The van der Waals surface area contributed by atoms with Gasteiger partial charge in [0.2, 0.25) is 5.95 Å². The maximum Gasteiger partial charge on any atom is 0.207 e. The third-order valence-electron chi connectivity index (χ3n) is 2.98. The topological polar surface area (TPSA) is 44.8 Å². The lowest BCUT2D eigenvalue weighted by Gasteiger charge is -2.14. The molecular formula is C15H14N4. The molecule has 2 heterocycles. The van der Waals surface area contributed by atoms with Gasteiger partial charge in [-0.3, -0.25) is 4.98 Å².